The highest BCUT2D eigenvalue weighted by Crippen LogP contribution is 2.22. The van der Waals surface area contributed by atoms with E-state index in [2.05, 4.69) is 22.0 Å². The van der Waals surface area contributed by atoms with Crippen molar-refractivity contribution in [2.24, 2.45) is 0 Å². The Hall–Kier alpha value is -2.80. The van der Waals surface area contributed by atoms with Gasteiger partial charge in [-0.2, -0.15) is 0 Å². The molecule has 0 atom stereocenters. The van der Waals surface area contributed by atoms with Gasteiger partial charge in [0.15, 0.2) is 0 Å². The third-order valence-corrected chi connectivity index (χ3v) is 5.97. The van der Waals surface area contributed by atoms with E-state index in [-0.39, 0.29) is 11.7 Å². The maximum Gasteiger partial charge on any atom is 0.232 e. The van der Waals surface area contributed by atoms with E-state index in [1.807, 2.05) is 29.2 Å². The molecule has 0 radical (unpaired) electrons. The number of imidazole rings is 1. The van der Waals surface area contributed by atoms with E-state index < -0.39 is 0 Å². The minimum atomic E-state index is -0.281. The van der Waals surface area contributed by atoms with Crippen molar-refractivity contribution in [3.8, 4) is 5.69 Å². The summed E-state index contributed by atoms with van der Waals surface area (Å²) in [5.74, 6) is 1.92. The van der Waals surface area contributed by atoms with Crippen LogP contribution >= 0.6 is 11.8 Å². The van der Waals surface area contributed by atoms with Crippen LogP contribution in [0.5, 0.6) is 0 Å². The second-order valence-electron chi connectivity index (χ2n) is 6.89. The topological polar surface area (TPSA) is 41.4 Å². The van der Waals surface area contributed by atoms with Crippen LogP contribution in [0, 0.1) is 5.82 Å². The van der Waals surface area contributed by atoms with Gasteiger partial charge >= 0.3 is 0 Å². The molecule has 1 aromatic heterocycles. The predicted octanol–water partition coefficient (Wildman–Crippen LogP) is 3.59. The summed E-state index contributed by atoms with van der Waals surface area (Å²) in [6.45, 7) is 2.66. The van der Waals surface area contributed by atoms with Crippen LogP contribution in [0.3, 0.4) is 0 Å². The lowest BCUT2D eigenvalue weighted by atomic mass is 10.2. The summed E-state index contributed by atoms with van der Waals surface area (Å²) in [4.78, 5) is 21.0. The second kappa shape index (κ2) is 9.13. The van der Waals surface area contributed by atoms with Gasteiger partial charge in [0.25, 0.3) is 0 Å². The average molecular weight is 411 g/mol. The standard InChI is InChI=1S/C22H23FN4OS/c23-19-8-4-5-9-20(19)27-11-10-24-22(27)26-14-12-25(13-15-26)21(28)17-29-16-18-6-2-1-3-7-18/h1-11H,12-17H2. The minimum absolute atomic E-state index is 0.169. The van der Waals surface area contributed by atoms with Gasteiger partial charge in [0.1, 0.15) is 5.82 Å². The Labute approximate surface area is 174 Å². The minimum Gasteiger partial charge on any atom is -0.338 e. The fraction of sp³-hybridized carbons (Fsp3) is 0.273. The Kier molecular flexibility index (Phi) is 6.14. The fourth-order valence-electron chi connectivity index (χ4n) is 3.44. The highest BCUT2D eigenvalue weighted by molar-refractivity contribution is 7.99. The van der Waals surface area contributed by atoms with Crippen molar-refractivity contribution in [1.82, 2.24) is 14.5 Å². The van der Waals surface area contributed by atoms with Gasteiger partial charge in [-0.1, -0.05) is 42.5 Å². The van der Waals surface area contributed by atoms with Gasteiger partial charge in [0, 0.05) is 44.3 Å². The molecule has 4 rings (SSSR count). The molecule has 1 aliphatic rings. The first-order chi connectivity index (χ1) is 14.2. The molecule has 0 bridgehead atoms. The van der Waals surface area contributed by atoms with Crippen molar-refractivity contribution in [3.63, 3.8) is 0 Å². The number of hydrogen-bond donors (Lipinski definition) is 0. The summed E-state index contributed by atoms with van der Waals surface area (Å²) in [7, 11) is 0. The Balaban J connectivity index is 1.32. The molecule has 0 spiro atoms. The predicted molar refractivity (Wildman–Crippen MR) is 115 cm³/mol. The zero-order valence-corrected chi connectivity index (χ0v) is 16.9. The molecular weight excluding hydrogens is 387 g/mol. The summed E-state index contributed by atoms with van der Waals surface area (Å²) in [6.07, 6.45) is 3.45. The molecule has 0 N–H and O–H groups in total. The third kappa shape index (κ3) is 4.62. The lowest BCUT2D eigenvalue weighted by Crippen LogP contribution is -2.50. The molecule has 1 aliphatic heterocycles. The summed E-state index contributed by atoms with van der Waals surface area (Å²) in [5, 5.41) is 0. The number of para-hydroxylation sites is 1. The van der Waals surface area contributed by atoms with E-state index in [1.165, 1.54) is 11.6 Å². The molecule has 1 amide bonds. The van der Waals surface area contributed by atoms with Crippen molar-refractivity contribution in [2.75, 3.05) is 36.8 Å². The third-order valence-electron chi connectivity index (χ3n) is 4.99. The van der Waals surface area contributed by atoms with E-state index >= 15 is 0 Å². The molecule has 0 saturated carbocycles. The van der Waals surface area contributed by atoms with Crippen LogP contribution in [0.1, 0.15) is 5.56 Å². The molecule has 1 fully saturated rings. The van der Waals surface area contributed by atoms with Crippen LogP contribution in [0.25, 0.3) is 5.69 Å². The van der Waals surface area contributed by atoms with Crippen LogP contribution in [-0.2, 0) is 10.5 Å². The summed E-state index contributed by atoms with van der Waals surface area (Å²) in [6, 6.07) is 16.9. The Morgan fingerprint density at radius 3 is 2.48 bits per heavy atom. The number of anilines is 1. The fourth-order valence-corrected chi connectivity index (χ4v) is 4.33. The molecule has 0 aliphatic carbocycles. The van der Waals surface area contributed by atoms with Crippen molar-refractivity contribution in [3.05, 3.63) is 78.4 Å². The quantitative estimate of drug-likeness (QED) is 0.623. The molecule has 2 heterocycles. The molecule has 1 saturated heterocycles. The van der Waals surface area contributed by atoms with Crippen molar-refractivity contribution in [1.29, 1.82) is 0 Å². The largest absolute Gasteiger partial charge is 0.338 e. The second-order valence-corrected chi connectivity index (χ2v) is 7.88. The first-order valence-corrected chi connectivity index (χ1v) is 10.8. The average Bonchev–Trinajstić information content (AvgIpc) is 3.24. The Morgan fingerprint density at radius 1 is 1.00 bits per heavy atom. The van der Waals surface area contributed by atoms with Crippen LogP contribution in [-0.4, -0.2) is 52.3 Å². The van der Waals surface area contributed by atoms with Gasteiger partial charge in [0.05, 0.1) is 11.4 Å². The van der Waals surface area contributed by atoms with Crippen LogP contribution in [0.2, 0.25) is 0 Å². The number of carbonyl (C=O) groups excluding carboxylic acids is 1. The molecule has 0 unspecified atom stereocenters. The van der Waals surface area contributed by atoms with Gasteiger partial charge in [-0.25, -0.2) is 9.37 Å². The SMILES string of the molecule is O=C(CSCc1ccccc1)N1CCN(c2nccn2-c2ccccc2F)CC1. The zero-order valence-electron chi connectivity index (χ0n) is 16.1. The lowest BCUT2D eigenvalue weighted by Gasteiger charge is -2.35. The van der Waals surface area contributed by atoms with Crippen LogP contribution in [0.4, 0.5) is 10.3 Å². The summed E-state index contributed by atoms with van der Waals surface area (Å²) in [5.41, 5.74) is 1.71. The van der Waals surface area contributed by atoms with E-state index in [0.29, 0.717) is 43.6 Å². The van der Waals surface area contributed by atoms with E-state index in [9.17, 15) is 9.18 Å². The highest BCUT2D eigenvalue weighted by Gasteiger charge is 2.24. The normalized spacial score (nSPS) is 14.2. The first-order valence-electron chi connectivity index (χ1n) is 9.65. The monoisotopic (exact) mass is 410 g/mol. The number of benzene rings is 2. The zero-order chi connectivity index (χ0) is 20.1. The molecule has 150 valence electrons. The van der Waals surface area contributed by atoms with Crippen LogP contribution in [0.15, 0.2) is 67.0 Å². The van der Waals surface area contributed by atoms with E-state index in [4.69, 9.17) is 0 Å². The van der Waals surface area contributed by atoms with Gasteiger partial charge in [-0.05, 0) is 17.7 Å². The maximum absolute atomic E-state index is 14.2. The summed E-state index contributed by atoms with van der Waals surface area (Å²) >= 11 is 1.65. The van der Waals surface area contributed by atoms with E-state index in [1.54, 1.807) is 40.9 Å². The van der Waals surface area contributed by atoms with Gasteiger partial charge in [0.2, 0.25) is 11.9 Å². The maximum atomic E-state index is 14.2. The molecule has 7 heteroatoms. The molecule has 3 aromatic rings. The van der Waals surface area contributed by atoms with E-state index in [0.717, 1.165) is 5.75 Å². The van der Waals surface area contributed by atoms with Crippen molar-refractivity contribution < 1.29 is 9.18 Å². The number of thioether (sulfide) groups is 1. The van der Waals surface area contributed by atoms with Gasteiger partial charge in [-0.15, -0.1) is 11.8 Å². The number of piperazine rings is 1. The number of carbonyl (C=O) groups is 1. The Morgan fingerprint density at radius 2 is 1.72 bits per heavy atom. The van der Waals surface area contributed by atoms with Crippen LogP contribution < -0.4 is 4.90 Å². The molecule has 2 aromatic carbocycles. The number of rotatable bonds is 6. The smallest absolute Gasteiger partial charge is 0.232 e. The Bertz CT molecular complexity index is 954. The number of nitrogens with zero attached hydrogens (tertiary/aromatic N) is 4. The van der Waals surface area contributed by atoms with Crippen molar-refractivity contribution in [2.45, 2.75) is 5.75 Å². The van der Waals surface area contributed by atoms with Crippen molar-refractivity contribution >= 4 is 23.6 Å². The lowest BCUT2D eigenvalue weighted by molar-refractivity contribution is -0.128. The first kappa shape index (κ1) is 19.5. The molecule has 29 heavy (non-hydrogen) atoms. The number of halogens is 1. The molecular formula is C22H23FN4OS. The molecule has 5 nitrogen and oxygen atoms in total. The van der Waals surface area contributed by atoms with Gasteiger partial charge < -0.3 is 9.80 Å². The number of amides is 1. The number of hydrogen-bond acceptors (Lipinski definition) is 4. The summed E-state index contributed by atoms with van der Waals surface area (Å²) < 4.78 is 16.0. The highest BCUT2D eigenvalue weighted by atomic mass is 32.2. The number of aromatic nitrogens is 2. The van der Waals surface area contributed by atoms with Gasteiger partial charge in [-0.3, -0.25) is 9.36 Å².